The number of hydrogen-bond acceptors (Lipinski definition) is 4. The molecule has 1 aliphatic rings. The second-order valence-corrected chi connectivity index (χ2v) is 5.10. The highest BCUT2D eigenvalue weighted by Gasteiger charge is 2.16. The smallest absolute Gasteiger partial charge is 0.337 e. The van der Waals surface area contributed by atoms with Gasteiger partial charge in [0, 0.05) is 32.5 Å². The molecule has 1 saturated heterocycles. The molecule has 104 valence electrons. The van der Waals surface area contributed by atoms with E-state index in [4.69, 9.17) is 9.84 Å². The molecule has 2 rings (SSSR count). The summed E-state index contributed by atoms with van der Waals surface area (Å²) in [5.74, 6) is -0.244. The normalized spacial score (nSPS) is 16.7. The zero-order valence-corrected chi connectivity index (χ0v) is 11.2. The van der Waals surface area contributed by atoms with Crippen LogP contribution < -0.4 is 0 Å². The summed E-state index contributed by atoms with van der Waals surface area (Å²) in [6.45, 7) is 3.51. The minimum Gasteiger partial charge on any atom is -0.478 e. The van der Waals surface area contributed by atoms with Crippen LogP contribution in [0.15, 0.2) is 18.3 Å². The van der Waals surface area contributed by atoms with Crippen molar-refractivity contribution in [3.05, 3.63) is 29.6 Å². The Morgan fingerprint density at radius 1 is 1.47 bits per heavy atom. The summed E-state index contributed by atoms with van der Waals surface area (Å²) in [4.78, 5) is 17.2. The van der Waals surface area contributed by atoms with Crippen molar-refractivity contribution in [2.24, 2.45) is 5.92 Å². The van der Waals surface area contributed by atoms with Crippen LogP contribution >= 0.6 is 0 Å². The van der Waals surface area contributed by atoms with Crippen LogP contribution in [0.5, 0.6) is 0 Å². The number of rotatable bonds is 5. The van der Waals surface area contributed by atoms with Crippen LogP contribution in [-0.4, -0.2) is 47.8 Å². The summed E-state index contributed by atoms with van der Waals surface area (Å²) in [6.07, 6.45) is 3.66. The Bertz CT molecular complexity index is 413. The van der Waals surface area contributed by atoms with Crippen molar-refractivity contribution in [2.75, 3.05) is 26.8 Å². The third kappa shape index (κ3) is 4.29. The fourth-order valence-electron chi connectivity index (χ4n) is 2.36. The van der Waals surface area contributed by atoms with Gasteiger partial charge in [0.05, 0.1) is 11.3 Å². The van der Waals surface area contributed by atoms with Crippen LogP contribution in [0.2, 0.25) is 0 Å². The van der Waals surface area contributed by atoms with Crippen LogP contribution in [0.3, 0.4) is 0 Å². The predicted octanol–water partition coefficient (Wildman–Crippen LogP) is 1.64. The average Bonchev–Trinajstić information content (AvgIpc) is 2.40. The fourth-order valence-corrected chi connectivity index (χ4v) is 2.36. The standard InChI is InChI=1S/C14H20N2O3/c1-16(9-11-4-6-19-7-5-11)10-13-3-2-12(8-15-13)14(17)18/h2-3,8,11H,4-7,9-10H2,1H3,(H,17,18). The first-order valence-corrected chi connectivity index (χ1v) is 6.59. The molecule has 1 fully saturated rings. The van der Waals surface area contributed by atoms with E-state index in [1.807, 2.05) is 0 Å². The minimum atomic E-state index is -0.936. The number of carbonyl (C=O) groups is 1. The quantitative estimate of drug-likeness (QED) is 0.876. The van der Waals surface area contributed by atoms with Crippen molar-refractivity contribution in [3.8, 4) is 0 Å². The number of hydrogen-bond donors (Lipinski definition) is 1. The zero-order valence-electron chi connectivity index (χ0n) is 11.2. The summed E-state index contributed by atoms with van der Waals surface area (Å²) in [5.41, 5.74) is 1.13. The highest BCUT2D eigenvalue weighted by Crippen LogP contribution is 2.16. The van der Waals surface area contributed by atoms with E-state index in [2.05, 4.69) is 16.9 Å². The maximum Gasteiger partial charge on any atom is 0.337 e. The van der Waals surface area contributed by atoms with E-state index in [1.165, 1.54) is 6.20 Å². The van der Waals surface area contributed by atoms with Crippen molar-refractivity contribution < 1.29 is 14.6 Å². The van der Waals surface area contributed by atoms with Crippen molar-refractivity contribution in [1.82, 2.24) is 9.88 Å². The number of aromatic nitrogens is 1. The molecule has 0 unspecified atom stereocenters. The highest BCUT2D eigenvalue weighted by molar-refractivity contribution is 5.87. The summed E-state index contributed by atoms with van der Waals surface area (Å²) in [7, 11) is 2.07. The van der Waals surface area contributed by atoms with Crippen LogP contribution in [0.1, 0.15) is 28.9 Å². The van der Waals surface area contributed by atoms with E-state index >= 15 is 0 Å². The molecule has 1 aromatic rings. The maximum absolute atomic E-state index is 10.7. The summed E-state index contributed by atoms with van der Waals surface area (Å²) < 4.78 is 5.35. The third-order valence-electron chi connectivity index (χ3n) is 3.41. The van der Waals surface area contributed by atoms with Gasteiger partial charge in [0.15, 0.2) is 0 Å². The van der Waals surface area contributed by atoms with Gasteiger partial charge in [0.2, 0.25) is 0 Å². The zero-order chi connectivity index (χ0) is 13.7. The Labute approximate surface area is 113 Å². The van der Waals surface area contributed by atoms with Crippen LogP contribution in [0.4, 0.5) is 0 Å². The molecular formula is C14H20N2O3. The van der Waals surface area contributed by atoms with Gasteiger partial charge in [-0.05, 0) is 37.9 Å². The van der Waals surface area contributed by atoms with Crippen molar-refractivity contribution in [3.63, 3.8) is 0 Å². The fraction of sp³-hybridized carbons (Fsp3) is 0.571. The van der Waals surface area contributed by atoms with Gasteiger partial charge in [-0.3, -0.25) is 4.98 Å². The van der Waals surface area contributed by atoms with Crippen molar-refractivity contribution in [1.29, 1.82) is 0 Å². The Morgan fingerprint density at radius 2 is 2.21 bits per heavy atom. The van der Waals surface area contributed by atoms with Gasteiger partial charge in [-0.15, -0.1) is 0 Å². The second kappa shape index (κ2) is 6.63. The lowest BCUT2D eigenvalue weighted by molar-refractivity contribution is 0.0548. The molecule has 0 spiro atoms. The number of carboxylic acid groups (broad SMARTS) is 1. The first-order valence-electron chi connectivity index (χ1n) is 6.59. The second-order valence-electron chi connectivity index (χ2n) is 5.10. The van der Waals surface area contributed by atoms with Crippen LogP contribution in [0, 0.1) is 5.92 Å². The Kier molecular flexibility index (Phi) is 4.87. The SMILES string of the molecule is CN(Cc1ccc(C(=O)O)cn1)CC1CCOCC1. The van der Waals surface area contributed by atoms with Gasteiger partial charge in [-0.1, -0.05) is 0 Å². The molecule has 19 heavy (non-hydrogen) atoms. The number of nitrogens with zero attached hydrogens (tertiary/aromatic N) is 2. The average molecular weight is 264 g/mol. The molecule has 0 radical (unpaired) electrons. The predicted molar refractivity (Wildman–Crippen MR) is 71.1 cm³/mol. The van der Waals surface area contributed by atoms with Crippen molar-refractivity contribution >= 4 is 5.97 Å². The maximum atomic E-state index is 10.7. The number of ether oxygens (including phenoxy) is 1. The molecule has 1 aliphatic heterocycles. The van der Waals surface area contributed by atoms with E-state index < -0.39 is 5.97 Å². The first-order chi connectivity index (χ1) is 9.15. The van der Waals surface area contributed by atoms with Gasteiger partial charge < -0.3 is 14.7 Å². The first kappa shape index (κ1) is 14.0. The molecule has 0 amide bonds. The molecule has 1 N–H and O–H groups in total. The largest absolute Gasteiger partial charge is 0.478 e. The van der Waals surface area contributed by atoms with E-state index in [1.54, 1.807) is 12.1 Å². The Hall–Kier alpha value is -1.46. The molecule has 5 heteroatoms. The van der Waals surface area contributed by atoms with Gasteiger partial charge in [0.25, 0.3) is 0 Å². The molecule has 0 saturated carbocycles. The lowest BCUT2D eigenvalue weighted by atomic mass is 10.00. The molecular weight excluding hydrogens is 244 g/mol. The molecule has 2 heterocycles. The van der Waals surface area contributed by atoms with E-state index in [-0.39, 0.29) is 5.56 Å². The highest BCUT2D eigenvalue weighted by atomic mass is 16.5. The molecule has 0 bridgehead atoms. The topological polar surface area (TPSA) is 62.7 Å². The number of pyridine rings is 1. The molecule has 5 nitrogen and oxygen atoms in total. The van der Waals surface area contributed by atoms with E-state index in [9.17, 15) is 4.79 Å². The van der Waals surface area contributed by atoms with E-state index in [0.29, 0.717) is 5.92 Å². The molecule has 0 aromatic carbocycles. The van der Waals surface area contributed by atoms with Crippen LogP contribution in [-0.2, 0) is 11.3 Å². The van der Waals surface area contributed by atoms with Crippen molar-refractivity contribution in [2.45, 2.75) is 19.4 Å². The van der Waals surface area contributed by atoms with Gasteiger partial charge >= 0.3 is 5.97 Å². The monoisotopic (exact) mass is 264 g/mol. The Balaban J connectivity index is 1.83. The molecule has 0 atom stereocenters. The number of aromatic carboxylic acids is 1. The summed E-state index contributed by atoms with van der Waals surface area (Å²) in [5, 5.41) is 8.81. The van der Waals surface area contributed by atoms with Gasteiger partial charge in [-0.25, -0.2) is 4.79 Å². The van der Waals surface area contributed by atoms with Gasteiger partial charge in [0.1, 0.15) is 0 Å². The minimum absolute atomic E-state index is 0.232. The lowest BCUT2D eigenvalue weighted by Gasteiger charge is -2.26. The number of carboxylic acids is 1. The summed E-state index contributed by atoms with van der Waals surface area (Å²) >= 11 is 0. The van der Waals surface area contributed by atoms with E-state index in [0.717, 1.165) is 44.8 Å². The third-order valence-corrected chi connectivity index (χ3v) is 3.41. The lowest BCUT2D eigenvalue weighted by Crippen LogP contribution is -2.29. The molecule has 0 aliphatic carbocycles. The van der Waals surface area contributed by atoms with Crippen LogP contribution in [0.25, 0.3) is 0 Å². The Morgan fingerprint density at radius 3 is 2.79 bits per heavy atom. The summed E-state index contributed by atoms with van der Waals surface area (Å²) in [6, 6.07) is 3.39. The van der Waals surface area contributed by atoms with Gasteiger partial charge in [-0.2, -0.15) is 0 Å². The molecule has 1 aromatic heterocycles.